The summed E-state index contributed by atoms with van der Waals surface area (Å²) in [4.78, 5) is 0. The fraction of sp³-hybridized carbons (Fsp3) is 0.0303. The molecule has 4 heteroatoms. The lowest BCUT2D eigenvalue weighted by Gasteiger charge is -2.06. The summed E-state index contributed by atoms with van der Waals surface area (Å²) in [7, 11) is -1.42. The lowest BCUT2D eigenvalue weighted by molar-refractivity contribution is 0.426. The monoisotopic (exact) mass is 546 g/mol. The summed E-state index contributed by atoms with van der Waals surface area (Å²) in [5.74, 6) is 0. The van der Waals surface area contributed by atoms with Crippen LogP contribution in [0.1, 0.15) is 7.43 Å². The first-order valence-corrected chi connectivity index (χ1v) is 12.6. The van der Waals surface area contributed by atoms with E-state index in [0.29, 0.717) is 5.46 Å². The van der Waals surface area contributed by atoms with Gasteiger partial charge in [-0.1, -0.05) is 133 Å². The lowest BCUT2D eigenvalue weighted by Crippen LogP contribution is -2.29. The maximum absolute atomic E-state index is 9.17. The van der Waals surface area contributed by atoms with E-state index in [9.17, 15) is 10.0 Å². The molecule has 0 amide bonds. The van der Waals surface area contributed by atoms with E-state index in [4.69, 9.17) is 0 Å². The number of fused-ring (bicyclic) bond motifs is 2. The molecule has 0 saturated heterocycles. The summed E-state index contributed by atoms with van der Waals surface area (Å²) in [6, 6.07) is 45.2. The van der Waals surface area contributed by atoms with Gasteiger partial charge in [0.25, 0.3) is 0 Å². The van der Waals surface area contributed by atoms with Gasteiger partial charge >= 0.3 is 7.12 Å². The molecular formula is C33H28BBrO2. The molecule has 0 spiro atoms. The van der Waals surface area contributed by atoms with E-state index < -0.39 is 7.12 Å². The van der Waals surface area contributed by atoms with Crippen LogP contribution >= 0.6 is 15.9 Å². The molecule has 0 fully saturated rings. The molecule has 182 valence electrons. The smallest absolute Gasteiger partial charge is 0.423 e. The molecular weight excluding hydrogens is 519 g/mol. The van der Waals surface area contributed by atoms with Crippen molar-refractivity contribution in [3.8, 4) is 22.3 Å². The third-order valence-corrected chi connectivity index (χ3v) is 6.67. The molecule has 6 aromatic rings. The zero-order valence-corrected chi connectivity index (χ0v) is 21.1. The fourth-order valence-corrected chi connectivity index (χ4v) is 4.64. The van der Waals surface area contributed by atoms with Crippen LogP contribution in [0.2, 0.25) is 0 Å². The van der Waals surface area contributed by atoms with Crippen molar-refractivity contribution >= 4 is 50.1 Å². The first-order chi connectivity index (χ1) is 17.6. The van der Waals surface area contributed by atoms with E-state index in [-0.39, 0.29) is 7.43 Å². The van der Waals surface area contributed by atoms with Gasteiger partial charge in [-0.15, -0.1) is 0 Å². The highest BCUT2D eigenvalue weighted by molar-refractivity contribution is 9.10. The highest BCUT2D eigenvalue weighted by atomic mass is 79.9. The van der Waals surface area contributed by atoms with Crippen LogP contribution in [0.5, 0.6) is 0 Å². The van der Waals surface area contributed by atoms with Gasteiger partial charge in [0.15, 0.2) is 0 Å². The molecule has 0 aliphatic carbocycles. The third kappa shape index (κ3) is 6.36. The van der Waals surface area contributed by atoms with Crippen molar-refractivity contribution in [1.82, 2.24) is 0 Å². The first-order valence-electron chi connectivity index (χ1n) is 11.8. The number of benzene rings is 6. The Morgan fingerprint density at radius 3 is 1.38 bits per heavy atom. The molecule has 0 radical (unpaired) electrons. The van der Waals surface area contributed by atoms with Gasteiger partial charge in [-0.25, -0.2) is 0 Å². The molecule has 0 heterocycles. The Morgan fingerprint density at radius 2 is 0.865 bits per heavy atom. The Labute approximate surface area is 227 Å². The molecule has 0 aliphatic rings. The summed E-state index contributed by atoms with van der Waals surface area (Å²) in [6.07, 6.45) is 0. The predicted octanol–water partition coefficient (Wildman–Crippen LogP) is 8.09. The molecule has 0 unspecified atom stereocenters. The first kappa shape index (κ1) is 26.4. The average molecular weight is 547 g/mol. The Morgan fingerprint density at radius 1 is 0.432 bits per heavy atom. The van der Waals surface area contributed by atoms with Gasteiger partial charge in [0.1, 0.15) is 0 Å². The molecule has 2 N–H and O–H groups in total. The van der Waals surface area contributed by atoms with E-state index >= 15 is 0 Å². The zero-order chi connectivity index (χ0) is 24.9. The Balaban J connectivity index is 0.000000169. The van der Waals surface area contributed by atoms with Gasteiger partial charge in [0, 0.05) is 4.47 Å². The molecule has 0 aromatic heterocycles. The van der Waals surface area contributed by atoms with Crippen molar-refractivity contribution in [3.63, 3.8) is 0 Å². The minimum absolute atomic E-state index is 0. The third-order valence-electron chi connectivity index (χ3n) is 6.18. The number of halogens is 1. The van der Waals surface area contributed by atoms with Crippen LogP contribution in [0.4, 0.5) is 0 Å². The van der Waals surface area contributed by atoms with Crippen LogP contribution in [0.25, 0.3) is 43.8 Å². The van der Waals surface area contributed by atoms with Gasteiger partial charge in [0.05, 0.1) is 0 Å². The number of hydrogen-bond acceptors (Lipinski definition) is 2. The minimum atomic E-state index is -1.42. The Kier molecular flexibility index (Phi) is 8.57. The van der Waals surface area contributed by atoms with Crippen LogP contribution < -0.4 is 5.46 Å². The summed E-state index contributed by atoms with van der Waals surface area (Å²) in [5.41, 5.74) is 5.37. The average Bonchev–Trinajstić information content (AvgIpc) is 2.93. The van der Waals surface area contributed by atoms with Gasteiger partial charge in [-0.2, -0.15) is 0 Å². The van der Waals surface area contributed by atoms with Crippen molar-refractivity contribution in [2.75, 3.05) is 0 Å². The van der Waals surface area contributed by atoms with Crippen LogP contribution in [0, 0.1) is 0 Å². The van der Waals surface area contributed by atoms with Crippen molar-refractivity contribution in [3.05, 3.63) is 138 Å². The van der Waals surface area contributed by atoms with Crippen molar-refractivity contribution in [2.45, 2.75) is 7.43 Å². The van der Waals surface area contributed by atoms with E-state index in [2.05, 4.69) is 94.8 Å². The molecule has 0 saturated carbocycles. The van der Waals surface area contributed by atoms with Crippen molar-refractivity contribution < 1.29 is 10.0 Å². The molecule has 2 nitrogen and oxygen atoms in total. The van der Waals surface area contributed by atoms with E-state index in [1.54, 1.807) is 12.1 Å². The van der Waals surface area contributed by atoms with Crippen LogP contribution in [-0.2, 0) is 0 Å². The van der Waals surface area contributed by atoms with Crippen LogP contribution in [0.15, 0.2) is 138 Å². The van der Waals surface area contributed by atoms with E-state index in [0.717, 1.165) is 20.8 Å². The summed E-state index contributed by atoms with van der Waals surface area (Å²) in [5, 5.41) is 23.0. The summed E-state index contributed by atoms with van der Waals surface area (Å²) < 4.78 is 1.12. The molecule has 0 bridgehead atoms. The van der Waals surface area contributed by atoms with E-state index in [1.807, 2.05) is 42.5 Å². The summed E-state index contributed by atoms with van der Waals surface area (Å²) >= 11 is 3.50. The Bertz CT molecular complexity index is 1620. The predicted molar refractivity (Wildman–Crippen MR) is 163 cm³/mol. The van der Waals surface area contributed by atoms with Crippen LogP contribution in [-0.4, -0.2) is 17.2 Å². The maximum Gasteiger partial charge on any atom is 0.488 e. The van der Waals surface area contributed by atoms with E-state index in [1.165, 1.54) is 27.5 Å². The second-order valence-corrected chi connectivity index (χ2v) is 9.55. The van der Waals surface area contributed by atoms with Gasteiger partial charge < -0.3 is 10.0 Å². The maximum atomic E-state index is 9.17. The molecule has 37 heavy (non-hydrogen) atoms. The molecule has 0 atom stereocenters. The summed E-state index contributed by atoms with van der Waals surface area (Å²) in [6.45, 7) is 0. The van der Waals surface area contributed by atoms with Crippen LogP contribution in [0.3, 0.4) is 0 Å². The highest BCUT2D eigenvalue weighted by Gasteiger charge is 2.11. The highest BCUT2D eigenvalue weighted by Crippen LogP contribution is 2.26. The minimum Gasteiger partial charge on any atom is -0.423 e. The van der Waals surface area contributed by atoms with Gasteiger partial charge in [0.2, 0.25) is 0 Å². The van der Waals surface area contributed by atoms with Crippen molar-refractivity contribution in [2.24, 2.45) is 0 Å². The molecule has 6 aromatic carbocycles. The second-order valence-electron chi connectivity index (χ2n) is 8.63. The second kappa shape index (κ2) is 12.0. The zero-order valence-electron chi connectivity index (χ0n) is 19.6. The lowest BCUT2D eigenvalue weighted by atomic mass is 9.79. The topological polar surface area (TPSA) is 40.5 Å². The standard InChI is InChI=1S/C16H13BO2.C16H11Br.CH4/c18-17(19)16-9-8-14-10-13(6-7-15(14)11-16)12-4-2-1-3-5-12;17-16-9-8-14-10-13(6-7-15(14)11-16)12-4-2-1-3-5-12;/h1-11,18-19H;1-11H;1H4. The van der Waals surface area contributed by atoms with Gasteiger partial charge in [-0.3, -0.25) is 0 Å². The SMILES string of the molecule is Brc1ccc2cc(-c3ccccc3)ccc2c1.C.OB(O)c1ccc2cc(-c3ccccc3)ccc2c1. The molecule has 0 aliphatic heterocycles. The molecule has 6 rings (SSSR count). The number of rotatable bonds is 3. The number of hydrogen-bond donors (Lipinski definition) is 2. The van der Waals surface area contributed by atoms with Crippen molar-refractivity contribution in [1.29, 1.82) is 0 Å². The Hall–Kier alpha value is -3.70. The van der Waals surface area contributed by atoms with Gasteiger partial charge in [-0.05, 0) is 73.5 Å². The largest absolute Gasteiger partial charge is 0.488 e. The normalized spacial score (nSPS) is 10.4. The fourth-order valence-electron chi connectivity index (χ4n) is 4.26. The quantitative estimate of drug-likeness (QED) is 0.220.